The third kappa shape index (κ3) is 4.41. The molecule has 4 heterocycles. The lowest BCUT2D eigenvalue weighted by molar-refractivity contribution is -0.155. The van der Waals surface area contributed by atoms with Gasteiger partial charge in [0.2, 0.25) is 5.79 Å². The van der Waals surface area contributed by atoms with Crippen LogP contribution in [0.3, 0.4) is 0 Å². The SMILES string of the molecule is CCNC(=O)NC1(C2CNCCC2(C)C(=O)O)N=CC=CN1c1cc(-c2ccc(C)cn2)c2scnc2c1. The number of piperidine rings is 1. The third-order valence-electron chi connectivity index (χ3n) is 7.39. The van der Waals surface area contributed by atoms with Crippen molar-refractivity contribution in [2.24, 2.45) is 16.3 Å². The molecule has 2 aliphatic rings. The zero-order chi connectivity index (χ0) is 26.9. The molecule has 3 aromatic rings. The summed E-state index contributed by atoms with van der Waals surface area (Å²) in [5.41, 5.74) is 4.89. The van der Waals surface area contributed by atoms with Gasteiger partial charge in [-0.3, -0.25) is 15.1 Å². The van der Waals surface area contributed by atoms with Crippen molar-refractivity contribution < 1.29 is 14.7 Å². The maximum atomic E-state index is 13.1. The van der Waals surface area contributed by atoms with Gasteiger partial charge in [0.1, 0.15) is 0 Å². The number of pyridine rings is 1. The van der Waals surface area contributed by atoms with Crippen LogP contribution in [0.4, 0.5) is 10.5 Å². The first-order valence-corrected chi connectivity index (χ1v) is 13.5. The second-order valence-corrected chi connectivity index (χ2v) is 10.7. The molecule has 1 saturated heterocycles. The van der Waals surface area contributed by atoms with Gasteiger partial charge in [0, 0.05) is 43.0 Å². The monoisotopic (exact) mass is 533 g/mol. The molecule has 3 unspecified atom stereocenters. The van der Waals surface area contributed by atoms with E-state index in [1.807, 2.05) is 55.4 Å². The molecule has 38 heavy (non-hydrogen) atoms. The van der Waals surface area contributed by atoms with E-state index in [-0.39, 0.29) is 0 Å². The molecule has 198 valence electrons. The van der Waals surface area contributed by atoms with E-state index in [0.29, 0.717) is 31.7 Å². The molecule has 11 heteroatoms. The fourth-order valence-corrected chi connectivity index (χ4v) is 6.09. The third-order valence-corrected chi connectivity index (χ3v) is 8.27. The van der Waals surface area contributed by atoms with Gasteiger partial charge in [-0.05, 0) is 63.6 Å². The number of thiazole rings is 1. The number of amides is 2. The van der Waals surface area contributed by atoms with Crippen LogP contribution >= 0.6 is 11.3 Å². The lowest BCUT2D eigenvalue weighted by Gasteiger charge is -2.52. The Morgan fingerprint density at radius 1 is 1.29 bits per heavy atom. The summed E-state index contributed by atoms with van der Waals surface area (Å²) < 4.78 is 0.992. The normalized spacial score (nSPS) is 24.9. The van der Waals surface area contributed by atoms with Crippen LogP contribution in [0.25, 0.3) is 21.5 Å². The second kappa shape index (κ2) is 10.1. The van der Waals surface area contributed by atoms with Crippen LogP contribution in [-0.2, 0) is 4.79 Å². The van der Waals surface area contributed by atoms with E-state index in [9.17, 15) is 14.7 Å². The van der Waals surface area contributed by atoms with Crippen LogP contribution in [0, 0.1) is 18.3 Å². The highest BCUT2D eigenvalue weighted by Crippen LogP contribution is 2.46. The van der Waals surface area contributed by atoms with Crippen LogP contribution in [0.1, 0.15) is 25.8 Å². The van der Waals surface area contributed by atoms with E-state index in [4.69, 9.17) is 4.99 Å². The van der Waals surface area contributed by atoms with E-state index >= 15 is 0 Å². The lowest BCUT2D eigenvalue weighted by atomic mass is 9.68. The van der Waals surface area contributed by atoms with Crippen molar-refractivity contribution in [1.82, 2.24) is 25.9 Å². The van der Waals surface area contributed by atoms with Crippen molar-refractivity contribution in [3.8, 4) is 11.3 Å². The molecule has 4 N–H and O–H groups in total. The van der Waals surface area contributed by atoms with Gasteiger partial charge in [0.05, 0.1) is 32.8 Å². The minimum Gasteiger partial charge on any atom is -0.481 e. The summed E-state index contributed by atoms with van der Waals surface area (Å²) in [7, 11) is 0. The van der Waals surface area contributed by atoms with Gasteiger partial charge in [-0.1, -0.05) is 6.07 Å². The average molecular weight is 534 g/mol. The summed E-state index contributed by atoms with van der Waals surface area (Å²) in [6.07, 6.45) is 7.44. The quantitative estimate of drug-likeness (QED) is 0.379. The van der Waals surface area contributed by atoms with Gasteiger partial charge in [-0.25, -0.2) is 14.8 Å². The van der Waals surface area contributed by atoms with Crippen LogP contribution in [0.15, 0.2) is 53.2 Å². The van der Waals surface area contributed by atoms with Gasteiger partial charge in [-0.15, -0.1) is 11.3 Å². The highest BCUT2D eigenvalue weighted by Gasteiger charge is 2.57. The molecule has 3 atom stereocenters. The number of rotatable bonds is 6. The van der Waals surface area contributed by atoms with Gasteiger partial charge in [0.15, 0.2) is 0 Å². The Kier molecular flexibility index (Phi) is 6.89. The molecule has 5 rings (SSSR count). The highest BCUT2D eigenvalue weighted by atomic mass is 32.1. The Morgan fingerprint density at radius 2 is 2.13 bits per heavy atom. The number of carbonyl (C=O) groups excluding carboxylic acids is 1. The molecule has 2 aliphatic heterocycles. The summed E-state index contributed by atoms with van der Waals surface area (Å²) in [5.74, 6) is -2.96. The number of carbonyl (C=O) groups is 2. The lowest BCUT2D eigenvalue weighted by Crippen LogP contribution is -2.71. The van der Waals surface area contributed by atoms with E-state index < -0.39 is 29.1 Å². The molecule has 0 aliphatic carbocycles. The molecule has 1 fully saturated rings. The number of fused-ring (bicyclic) bond motifs is 1. The number of carboxylic acids is 1. The summed E-state index contributed by atoms with van der Waals surface area (Å²) >= 11 is 1.53. The van der Waals surface area contributed by atoms with Crippen LogP contribution in [0.5, 0.6) is 0 Å². The first kappa shape index (κ1) is 25.8. The van der Waals surface area contributed by atoms with Gasteiger partial charge >= 0.3 is 12.0 Å². The molecule has 0 radical (unpaired) electrons. The minimum atomic E-state index is -1.42. The van der Waals surface area contributed by atoms with Crippen LogP contribution < -0.4 is 20.9 Å². The number of nitrogens with zero attached hydrogens (tertiary/aromatic N) is 4. The molecule has 1 aromatic carbocycles. The predicted molar refractivity (Wildman–Crippen MR) is 149 cm³/mol. The van der Waals surface area contributed by atoms with Crippen molar-refractivity contribution in [2.45, 2.75) is 33.0 Å². The van der Waals surface area contributed by atoms with E-state index in [1.165, 1.54) is 11.3 Å². The Hall–Kier alpha value is -3.83. The number of aryl methyl sites for hydroxylation is 1. The van der Waals surface area contributed by atoms with E-state index in [0.717, 1.165) is 27.0 Å². The maximum Gasteiger partial charge on any atom is 0.318 e. The molecular formula is C27H31N7O3S. The Morgan fingerprint density at radius 3 is 2.87 bits per heavy atom. The number of aliphatic imine (C=N–C) groups is 1. The Bertz CT molecular complexity index is 1420. The van der Waals surface area contributed by atoms with Crippen molar-refractivity contribution in [3.05, 3.63) is 53.8 Å². The van der Waals surface area contributed by atoms with Gasteiger partial charge < -0.3 is 20.6 Å². The first-order chi connectivity index (χ1) is 18.3. The Labute approximate surface area is 224 Å². The average Bonchev–Trinajstić information content (AvgIpc) is 3.38. The van der Waals surface area contributed by atoms with Crippen LogP contribution in [-0.4, -0.2) is 58.7 Å². The molecule has 0 spiro atoms. The minimum absolute atomic E-state index is 0.349. The summed E-state index contributed by atoms with van der Waals surface area (Å²) in [6, 6.07) is 7.51. The number of urea groups is 1. The number of nitrogens with one attached hydrogen (secondary N) is 3. The van der Waals surface area contributed by atoms with E-state index in [1.54, 1.807) is 24.7 Å². The fourth-order valence-electron chi connectivity index (χ4n) is 5.30. The predicted octanol–water partition coefficient (Wildman–Crippen LogP) is 3.74. The highest BCUT2D eigenvalue weighted by molar-refractivity contribution is 7.17. The topological polar surface area (TPSA) is 132 Å². The number of aromatic nitrogens is 2. The first-order valence-electron chi connectivity index (χ1n) is 12.6. The summed E-state index contributed by atoms with van der Waals surface area (Å²) in [5, 5.41) is 19.6. The summed E-state index contributed by atoms with van der Waals surface area (Å²) in [4.78, 5) is 41.7. The van der Waals surface area contributed by atoms with Gasteiger partial charge in [-0.2, -0.15) is 0 Å². The van der Waals surface area contributed by atoms with Crippen molar-refractivity contribution in [2.75, 3.05) is 24.5 Å². The molecule has 0 bridgehead atoms. The number of hydrogen-bond donors (Lipinski definition) is 4. The standard InChI is InChI=1S/C27H31N7O3S/c1-4-29-25(37)33-27(22-15-28-10-8-26(22,3)24(35)36)32-9-5-11-34(27)18-12-19(20-7-6-17(2)14-30-20)23-21(13-18)31-16-38-23/h5-7,9,11-14,16,22,28H,4,8,10,15H2,1-3H3,(H,35,36)(H2,29,33,37). The van der Waals surface area contributed by atoms with E-state index in [2.05, 4.69) is 25.9 Å². The number of aliphatic carboxylic acids is 1. The number of anilines is 1. The van der Waals surface area contributed by atoms with Gasteiger partial charge in [0.25, 0.3) is 0 Å². The molecule has 0 saturated carbocycles. The smallest absolute Gasteiger partial charge is 0.318 e. The number of hydrogen-bond acceptors (Lipinski definition) is 8. The zero-order valence-corrected chi connectivity index (χ0v) is 22.4. The van der Waals surface area contributed by atoms with Crippen LogP contribution in [0.2, 0.25) is 0 Å². The fraction of sp³-hybridized carbons (Fsp3) is 0.370. The largest absolute Gasteiger partial charge is 0.481 e. The van der Waals surface area contributed by atoms with Crippen molar-refractivity contribution in [3.63, 3.8) is 0 Å². The number of benzene rings is 1. The zero-order valence-electron chi connectivity index (χ0n) is 21.6. The maximum absolute atomic E-state index is 13.1. The molecule has 2 aromatic heterocycles. The Balaban J connectivity index is 1.71. The molecular weight excluding hydrogens is 502 g/mol. The second-order valence-electron chi connectivity index (χ2n) is 9.84. The number of allylic oxidation sites excluding steroid dienone is 1. The summed E-state index contributed by atoms with van der Waals surface area (Å²) in [6.45, 7) is 6.87. The molecule has 2 amide bonds. The van der Waals surface area contributed by atoms with Crippen molar-refractivity contribution >= 4 is 45.5 Å². The van der Waals surface area contributed by atoms with Crippen molar-refractivity contribution in [1.29, 1.82) is 0 Å². The molecule has 10 nitrogen and oxygen atoms in total. The number of carboxylic acid groups (broad SMARTS) is 1.